The Hall–Kier alpha value is -4.10. The van der Waals surface area contributed by atoms with E-state index in [1.807, 2.05) is 19.1 Å². The Morgan fingerprint density at radius 2 is 1.94 bits per heavy atom. The zero-order valence-electron chi connectivity index (χ0n) is 18.4. The maximum atomic E-state index is 12.9. The Bertz CT molecular complexity index is 1470. The molecular weight excluding hydrogens is 444 g/mol. The number of aryl methyl sites for hydroxylation is 1. The van der Waals surface area contributed by atoms with Crippen molar-refractivity contribution in [2.45, 2.75) is 18.7 Å². The number of pyridine rings is 1. The number of rotatable bonds is 6. The number of hydrogen-bond acceptors (Lipinski definition) is 7. The zero-order valence-corrected chi connectivity index (χ0v) is 19.3. The lowest BCUT2D eigenvalue weighted by Gasteiger charge is -2.12. The highest BCUT2D eigenvalue weighted by Gasteiger charge is 2.18. The van der Waals surface area contributed by atoms with Crippen LogP contribution in [-0.2, 0) is 17.1 Å². The summed E-state index contributed by atoms with van der Waals surface area (Å²) in [6.07, 6.45) is 1.26. The summed E-state index contributed by atoms with van der Waals surface area (Å²) in [7, 11) is -1.17. The first kappa shape index (κ1) is 23.6. The molecule has 0 radical (unpaired) electrons. The summed E-state index contributed by atoms with van der Waals surface area (Å²) in [5.41, 5.74) is 1.16. The van der Waals surface area contributed by atoms with E-state index in [2.05, 4.69) is 9.71 Å². The molecule has 0 amide bonds. The van der Waals surface area contributed by atoms with Crippen molar-refractivity contribution in [3.63, 3.8) is 0 Å². The lowest BCUT2D eigenvalue weighted by molar-refractivity contribution is 0.415. The molecule has 1 heterocycles. The molecule has 0 unspecified atom stereocenters. The first-order chi connectivity index (χ1) is 15.6. The van der Waals surface area contributed by atoms with Gasteiger partial charge >= 0.3 is 0 Å². The van der Waals surface area contributed by atoms with Crippen LogP contribution in [0.25, 0.3) is 0 Å². The zero-order chi connectivity index (χ0) is 24.3. The van der Waals surface area contributed by atoms with Gasteiger partial charge in [-0.2, -0.15) is 5.26 Å². The summed E-state index contributed by atoms with van der Waals surface area (Å²) in [6, 6.07) is 13.0. The minimum Gasteiger partial charge on any atom is -0.494 e. The number of nitriles is 1. The maximum Gasteiger partial charge on any atom is 0.271 e. The van der Waals surface area contributed by atoms with Crippen molar-refractivity contribution in [1.82, 2.24) is 4.57 Å². The van der Waals surface area contributed by atoms with E-state index in [0.717, 1.165) is 10.1 Å². The molecule has 1 aromatic heterocycles. The standard InChI is InChI=1S/C23H22N4O5S/c1-14-6-5-7-16(10-14)26-33(30,31)17-8-9-21(32-4)20(11-17)25-13-19-15(2)18(12-24)22(28)27(3)23(19)29/h5-11,13,26,29H,1-4H3. The van der Waals surface area contributed by atoms with Crippen molar-refractivity contribution >= 4 is 27.6 Å². The van der Waals surface area contributed by atoms with Gasteiger partial charge in [0.15, 0.2) is 0 Å². The highest BCUT2D eigenvalue weighted by atomic mass is 32.2. The molecule has 170 valence electrons. The van der Waals surface area contributed by atoms with E-state index in [-0.39, 0.29) is 33.2 Å². The van der Waals surface area contributed by atoms with Crippen molar-refractivity contribution in [2.24, 2.45) is 12.0 Å². The van der Waals surface area contributed by atoms with Crippen LogP contribution in [0, 0.1) is 25.2 Å². The average Bonchev–Trinajstić information content (AvgIpc) is 2.77. The Morgan fingerprint density at radius 1 is 1.21 bits per heavy atom. The van der Waals surface area contributed by atoms with Gasteiger partial charge in [0.25, 0.3) is 15.6 Å². The van der Waals surface area contributed by atoms with Crippen LogP contribution in [-0.4, -0.2) is 31.4 Å². The number of ether oxygens (including phenoxy) is 1. The number of nitrogens with one attached hydrogen (secondary N) is 1. The number of anilines is 1. The van der Waals surface area contributed by atoms with Gasteiger partial charge in [0, 0.05) is 18.9 Å². The number of sulfonamides is 1. The number of methoxy groups -OCH3 is 1. The average molecular weight is 467 g/mol. The Morgan fingerprint density at radius 3 is 2.58 bits per heavy atom. The molecule has 0 fully saturated rings. The van der Waals surface area contributed by atoms with E-state index in [1.165, 1.54) is 45.5 Å². The molecular formula is C23H22N4O5S. The van der Waals surface area contributed by atoms with Crippen LogP contribution in [0.1, 0.15) is 22.3 Å². The van der Waals surface area contributed by atoms with Gasteiger partial charge in [0.1, 0.15) is 23.1 Å². The fraction of sp³-hybridized carbons (Fsp3) is 0.174. The highest BCUT2D eigenvalue weighted by Crippen LogP contribution is 2.31. The van der Waals surface area contributed by atoms with E-state index in [4.69, 9.17) is 4.74 Å². The van der Waals surface area contributed by atoms with E-state index in [0.29, 0.717) is 11.4 Å². The minimum absolute atomic E-state index is 0.0453. The molecule has 2 N–H and O–H groups in total. The van der Waals surface area contributed by atoms with Crippen LogP contribution in [0.4, 0.5) is 11.4 Å². The number of aromatic hydroxyl groups is 1. The summed E-state index contributed by atoms with van der Waals surface area (Å²) < 4.78 is 34.5. The van der Waals surface area contributed by atoms with E-state index in [9.17, 15) is 23.6 Å². The monoisotopic (exact) mass is 466 g/mol. The second-order valence-corrected chi connectivity index (χ2v) is 8.96. The molecule has 33 heavy (non-hydrogen) atoms. The molecule has 0 spiro atoms. The first-order valence-electron chi connectivity index (χ1n) is 9.73. The SMILES string of the molecule is COc1ccc(S(=O)(=O)Nc2cccc(C)c2)cc1N=Cc1c(C)c(C#N)c(=O)n(C)c1O. The van der Waals surface area contributed by atoms with Crippen molar-refractivity contribution in [3.05, 3.63) is 75.1 Å². The van der Waals surface area contributed by atoms with Crippen molar-refractivity contribution in [2.75, 3.05) is 11.8 Å². The van der Waals surface area contributed by atoms with Gasteiger partial charge in [0.05, 0.1) is 17.6 Å². The van der Waals surface area contributed by atoms with Crippen LogP contribution in [0.15, 0.2) is 57.1 Å². The summed E-state index contributed by atoms with van der Waals surface area (Å²) in [4.78, 5) is 16.4. The molecule has 3 rings (SSSR count). The third-order valence-corrected chi connectivity index (χ3v) is 6.41. The van der Waals surface area contributed by atoms with Gasteiger partial charge in [0.2, 0.25) is 5.88 Å². The second-order valence-electron chi connectivity index (χ2n) is 7.28. The molecule has 3 aromatic rings. The smallest absolute Gasteiger partial charge is 0.271 e. The molecule has 0 aliphatic carbocycles. The van der Waals surface area contributed by atoms with Crippen LogP contribution >= 0.6 is 0 Å². The summed E-state index contributed by atoms with van der Waals surface area (Å²) in [5, 5.41) is 19.7. The van der Waals surface area contributed by atoms with Crippen molar-refractivity contribution in [3.8, 4) is 17.7 Å². The van der Waals surface area contributed by atoms with E-state index < -0.39 is 15.6 Å². The van der Waals surface area contributed by atoms with Crippen LogP contribution < -0.4 is 15.0 Å². The van der Waals surface area contributed by atoms with Crippen LogP contribution in [0.2, 0.25) is 0 Å². The van der Waals surface area contributed by atoms with Crippen LogP contribution in [0.5, 0.6) is 11.6 Å². The molecule has 0 aliphatic rings. The normalized spacial score (nSPS) is 11.4. The van der Waals surface area contributed by atoms with Crippen molar-refractivity contribution < 1.29 is 18.3 Å². The van der Waals surface area contributed by atoms with Crippen molar-refractivity contribution in [1.29, 1.82) is 5.26 Å². The number of hydrogen-bond donors (Lipinski definition) is 2. The summed E-state index contributed by atoms with van der Waals surface area (Å²) in [5.74, 6) is -0.0765. The van der Waals surface area contributed by atoms with Gasteiger partial charge in [-0.05, 0) is 55.3 Å². The van der Waals surface area contributed by atoms with Gasteiger partial charge in [-0.25, -0.2) is 8.42 Å². The van der Waals surface area contributed by atoms with Gasteiger partial charge in [-0.15, -0.1) is 0 Å². The quantitative estimate of drug-likeness (QED) is 0.536. The number of benzene rings is 2. The molecule has 0 bridgehead atoms. The number of aliphatic imine (C=N–C) groups is 1. The molecule has 0 saturated heterocycles. The summed E-state index contributed by atoms with van der Waals surface area (Å²) in [6.45, 7) is 3.37. The largest absolute Gasteiger partial charge is 0.494 e. The molecule has 2 aromatic carbocycles. The van der Waals surface area contributed by atoms with Gasteiger partial charge in [-0.1, -0.05) is 12.1 Å². The second kappa shape index (κ2) is 9.18. The Labute approximate surface area is 191 Å². The van der Waals surface area contributed by atoms with Gasteiger partial charge in [-0.3, -0.25) is 19.1 Å². The number of nitrogens with zero attached hydrogens (tertiary/aromatic N) is 3. The fourth-order valence-corrected chi connectivity index (χ4v) is 4.26. The molecule has 0 aliphatic heterocycles. The topological polar surface area (TPSA) is 134 Å². The first-order valence-corrected chi connectivity index (χ1v) is 11.2. The fourth-order valence-electron chi connectivity index (χ4n) is 3.19. The molecule has 9 nitrogen and oxygen atoms in total. The lowest BCUT2D eigenvalue weighted by Crippen LogP contribution is -2.22. The summed E-state index contributed by atoms with van der Waals surface area (Å²) >= 11 is 0. The lowest BCUT2D eigenvalue weighted by atomic mass is 10.1. The third-order valence-electron chi connectivity index (χ3n) is 5.03. The molecule has 0 saturated carbocycles. The Kier molecular flexibility index (Phi) is 6.55. The Balaban J connectivity index is 2.06. The van der Waals surface area contributed by atoms with E-state index >= 15 is 0 Å². The highest BCUT2D eigenvalue weighted by molar-refractivity contribution is 7.92. The third kappa shape index (κ3) is 4.73. The van der Waals surface area contributed by atoms with Gasteiger partial charge < -0.3 is 9.84 Å². The molecule has 10 heteroatoms. The predicted octanol–water partition coefficient (Wildman–Crippen LogP) is 3.14. The maximum absolute atomic E-state index is 12.9. The number of aromatic nitrogens is 1. The molecule has 0 atom stereocenters. The van der Waals surface area contributed by atoms with E-state index in [1.54, 1.807) is 18.2 Å². The van der Waals surface area contributed by atoms with Crippen LogP contribution in [0.3, 0.4) is 0 Å². The predicted molar refractivity (Wildman–Crippen MR) is 125 cm³/mol. The minimum atomic E-state index is -3.92.